The van der Waals surface area contributed by atoms with Crippen molar-refractivity contribution >= 4 is 25.6 Å². The summed E-state index contributed by atoms with van der Waals surface area (Å²) in [5.74, 6) is 0.178. The van der Waals surface area contributed by atoms with Gasteiger partial charge in [0.2, 0.25) is 0 Å². The third-order valence-corrected chi connectivity index (χ3v) is 2.73. The Hall–Kier alpha value is -0.160. The normalized spacial score (nSPS) is 15.2. The van der Waals surface area contributed by atoms with Crippen LogP contribution in [-0.4, -0.2) is 28.8 Å². The third-order valence-electron chi connectivity index (χ3n) is 1.20. The molecule has 0 aromatic heterocycles. The molecule has 0 saturated heterocycles. The average Bonchev–Trinajstić information content (AvgIpc) is 1.84. The topological polar surface area (TPSA) is 43.4 Å². The Kier molecular flexibility index (Phi) is 5.41. The van der Waals surface area contributed by atoms with E-state index < -0.39 is 8.49 Å². The van der Waals surface area contributed by atoms with Crippen molar-refractivity contribution < 1.29 is 13.7 Å². The van der Waals surface area contributed by atoms with Gasteiger partial charge < -0.3 is 4.74 Å². The Morgan fingerprint density at radius 3 is 2.58 bits per heavy atom. The van der Waals surface area contributed by atoms with E-state index in [2.05, 4.69) is 11.2 Å². The van der Waals surface area contributed by atoms with Crippen molar-refractivity contribution in [2.24, 2.45) is 0 Å². The summed E-state index contributed by atoms with van der Waals surface area (Å²) < 4.78 is 15.7. The van der Waals surface area contributed by atoms with Crippen LogP contribution in [0.4, 0.5) is 0 Å². The van der Waals surface area contributed by atoms with Crippen molar-refractivity contribution in [3.8, 4) is 0 Å². The van der Waals surface area contributed by atoms with Gasteiger partial charge in [-0.1, -0.05) is 0 Å². The van der Waals surface area contributed by atoms with Crippen LogP contribution < -0.4 is 0 Å². The van der Waals surface area contributed by atoms with Crippen molar-refractivity contribution in [3.63, 3.8) is 0 Å². The predicted octanol–water partition coefficient (Wildman–Crippen LogP) is 0.706. The zero-order valence-corrected chi connectivity index (χ0v) is 9.00. The number of rotatable bonds is 5. The molecule has 0 bridgehead atoms. The molecule has 0 aromatic rings. The molecular formula is C7H14O3S2. The summed E-state index contributed by atoms with van der Waals surface area (Å²) in [7, 11) is -2.11. The molecule has 0 N–H and O–H groups in total. The van der Waals surface area contributed by atoms with Crippen molar-refractivity contribution in [3.05, 3.63) is 0 Å². The van der Waals surface area contributed by atoms with Crippen LogP contribution in [0, 0.1) is 0 Å². The number of hydrogen-bond donors (Lipinski definition) is 0. The minimum Gasteiger partial charge on any atom is -0.466 e. The van der Waals surface area contributed by atoms with E-state index in [1.54, 1.807) is 6.92 Å². The van der Waals surface area contributed by atoms with Crippen LogP contribution in [0.2, 0.25) is 0 Å². The fourth-order valence-electron chi connectivity index (χ4n) is 0.712. The highest BCUT2D eigenvalue weighted by Crippen LogP contribution is 1.96. The van der Waals surface area contributed by atoms with E-state index in [1.165, 1.54) is 6.26 Å². The molecule has 12 heavy (non-hydrogen) atoms. The van der Waals surface area contributed by atoms with E-state index in [9.17, 15) is 9.00 Å². The molecule has 3 nitrogen and oxygen atoms in total. The summed E-state index contributed by atoms with van der Waals surface area (Å²) in [6, 6.07) is 0. The lowest BCUT2D eigenvalue weighted by atomic mass is 10.3. The molecule has 0 radical (unpaired) electrons. The van der Waals surface area contributed by atoms with Crippen molar-refractivity contribution in [1.29, 1.82) is 0 Å². The maximum absolute atomic E-state index is 11.0. The molecule has 0 heterocycles. The highest BCUT2D eigenvalue weighted by atomic mass is 32.8. The summed E-state index contributed by atoms with van der Waals surface area (Å²) in [4.78, 5) is 10.8. The van der Waals surface area contributed by atoms with Gasteiger partial charge in [-0.15, -0.1) is 0 Å². The first kappa shape index (κ1) is 11.8. The van der Waals surface area contributed by atoms with Crippen LogP contribution in [-0.2, 0) is 29.2 Å². The molecule has 0 rings (SSSR count). The number of hydrogen-bond acceptors (Lipinski definition) is 4. The predicted molar refractivity (Wildman–Crippen MR) is 52.2 cm³/mol. The minimum absolute atomic E-state index is 0.240. The summed E-state index contributed by atoms with van der Waals surface area (Å²) >= 11 is 4.68. The molecule has 0 aliphatic rings. The van der Waals surface area contributed by atoms with Gasteiger partial charge in [-0.05, 0) is 24.5 Å². The lowest BCUT2D eigenvalue weighted by Gasteiger charge is -2.01. The van der Waals surface area contributed by atoms with Gasteiger partial charge in [0.25, 0.3) is 0 Å². The van der Waals surface area contributed by atoms with Crippen LogP contribution in [0.3, 0.4) is 0 Å². The van der Waals surface area contributed by atoms with Crippen LogP contribution >= 0.6 is 0 Å². The van der Waals surface area contributed by atoms with E-state index in [1.807, 2.05) is 0 Å². The molecule has 0 saturated carbocycles. The van der Waals surface area contributed by atoms with Crippen LogP contribution in [0.15, 0.2) is 0 Å². The van der Waals surface area contributed by atoms with E-state index in [4.69, 9.17) is 4.74 Å². The highest BCUT2D eigenvalue weighted by Gasteiger charge is 2.03. The van der Waals surface area contributed by atoms with Gasteiger partial charge in [-0.2, -0.15) is 0 Å². The smallest absolute Gasteiger partial charge is 0.305 e. The molecular weight excluding hydrogens is 196 g/mol. The second kappa shape index (κ2) is 5.48. The second-order valence-electron chi connectivity index (χ2n) is 2.54. The summed E-state index contributed by atoms with van der Waals surface area (Å²) in [5.41, 5.74) is 0. The molecule has 5 heteroatoms. The van der Waals surface area contributed by atoms with Gasteiger partial charge in [-0.3, -0.25) is 9.00 Å². The number of carbonyl (C=O) groups excluding carboxylic acids is 1. The Morgan fingerprint density at radius 1 is 1.58 bits per heavy atom. The minimum atomic E-state index is -2.11. The molecule has 1 unspecified atom stereocenters. The fourth-order valence-corrected chi connectivity index (χ4v) is 1.73. The second-order valence-corrected chi connectivity index (χ2v) is 6.91. The molecule has 0 aromatic carbocycles. The maximum Gasteiger partial charge on any atom is 0.305 e. The van der Waals surface area contributed by atoms with Gasteiger partial charge in [0.15, 0.2) is 0 Å². The van der Waals surface area contributed by atoms with Gasteiger partial charge >= 0.3 is 5.97 Å². The third kappa shape index (κ3) is 7.94. The molecule has 0 fully saturated rings. The number of ether oxygens (including phenoxy) is 1. The van der Waals surface area contributed by atoms with Crippen LogP contribution in [0.25, 0.3) is 0 Å². The van der Waals surface area contributed by atoms with Gasteiger partial charge in [-0.25, -0.2) is 0 Å². The van der Waals surface area contributed by atoms with Crippen molar-refractivity contribution in [2.45, 2.75) is 19.8 Å². The molecule has 0 aliphatic heterocycles. The Morgan fingerprint density at radius 2 is 2.17 bits per heavy atom. The lowest BCUT2D eigenvalue weighted by Crippen LogP contribution is -2.07. The van der Waals surface area contributed by atoms with Crippen molar-refractivity contribution in [2.75, 3.05) is 18.6 Å². The Bertz CT molecular complexity index is 231. The first-order valence-electron chi connectivity index (χ1n) is 3.79. The molecule has 0 amide bonds. The van der Waals surface area contributed by atoms with E-state index in [0.29, 0.717) is 25.2 Å². The first-order valence-corrected chi connectivity index (χ1v) is 6.85. The zero-order chi connectivity index (χ0) is 9.61. The number of esters is 1. The summed E-state index contributed by atoms with van der Waals surface area (Å²) in [5, 5.41) is 0. The standard InChI is InChI=1S/C7H14O3S2/c1-3-10-7(8)5-4-6-12(2,9)11/h3-6H2,1-2H3. The SMILES string of the molecule is CCOC(=O)CCCS(C)(=O)=S. The first-order chi connectivity index (χ1) is 5.45. The quantitative estimate of drug-likeness (QED) is 0.627. The van der Waals surface area contributed by atoms with E-state index in [-0.39, 0.29) is 5.97 Å². The molecule has 0 aliphatic carbocycles. The molecule has 0 spiro atoms. The Balaban J connectivity index is 3.51. The van der Waals surface area contributed by atoms with Crippen LogP contribution in [0.1, 0.15) is 19.8 Å². The van der Waals surface area contributed by atoms with E-state index in [0.717, 1.165) is 0 Å². The highest BCUT2D eigenvalue weighted by molar-refractivity contribution is 8.32. The summed E-state index contributed by atoms with van der Waals surface area (Å²) in [6.45, 7) is 2.15. The van der Waals surface area contributed by atoms with E-state index >= 15 is 0 Å². The summed E-state index contributed by atoms with van der Waals surface area (Å²) in [6.07, 6.45) is 2.39. The zero-order valence-electron chi connectivity index (χ0n) is 7.37. The monoisotopic (exact) mass is 210 g/mol. The van der Waals surface area contributed by atoms with Gasteiger partial charge in [0.1, 0.15) is 0 Å². The maximum atomic E-state index is 11.0. The van der Waals surface area contributed by atoms with Gasteiger partial charge in [0.05, 0.1) is 6.61 Å². The van der Waals surface area contributed by atoms with Crippen LogP contribution in [0.5, 0.6) is 0 Å². The molecule has 1 atom stereocenters. The number of carbonyl (C=O) groups is 1. The lowest BCUT2D eigenvalue weighted by molar-refractivity contribution is -0.143. The fraction of sp³-hybridized carbons (Fsp3) is 0.857. The average molecular weight is 210 g/mol. The largest absolute Gasteiger partial charge is 0.466 e. The van der Waals surface area contributed by atoms with Gasteiger partial charge in [0, 0.05) is 26.9 Å². The Labute approximate surface area is 78.2 Å². The van der Waals surface area contributed by atoms with Crippen molar-refractivity contribution in [1.82, 2.24) is 0 Å². The molecule has 72 valence electrons.